The highest BCUT2D eigenvalue weighted by atomic mass is 79.9. The third-order valence-corrected chi connectivity index (χ3v) is 3.95. The van der Waals surface area contributed by atoms with E-state index in [0.29, 0.717) is 0 Å². The average molecular weight is 331 g/mol. The Morgan fingerprint density at radius 3 is 2.45 bits per heavy atom. The second kappa shape index (κ2) is 5.32. The number of rotatable bonds is 3. The van der Waals surface area contributed by atoms with Crippen LogP contribution in [-0.4, -0.2) is 19.6 Å². The van der Waals surface area contributed by atoms with Gasteiger partial charge in [0.05, 0.1) is 4.47 Å². The molecule has 2 heterocycles. The summed E-state index contributed by atoms with van der Waals surface area (Å²) in [4.78, 5) is 9.14. The van der Waals surface area contributed by atoms with E-state index in [1.165, 1.54) is 0 Å². The number of benzene rings is 1. The van der Waals surface area contributed by atoms with Crippen LogP contribution in [0.1, 0.15) is 25.5 Å². The van der Waals surface area contributed by atoms with Gasteiger partial charge in [-0.2, -0.15) is 9.61 Å². The van der Waals surface area contributed by atoms with Crippen molar-refractivity contribution >= 4 is 21.6 Å². The molecule has 0 bridgehead atoms. The molecule has 0 atom stereocenters. The van der Waals surface area contributed by atoms with Crippen molar-refractivity contribution in [3.8, 4) is 11.3 Å². The van der Waals surface area contributed by atoms with E-state index in [1.807, 2.05) is 34.8 Å². The molecule has 0 N–H and O–H groups in total. The molecule has 0 fully saturated rings. The second-order valence-corrected chi connectivity index (χ2v) is 5.32. The Balaban J connectivity index is 2.29. The van der Waals surface area contributed by atoms with E-state index >= 15 is 0 Å². The first kappa shape index (κ1) is 13.2. The van der Waals surface area contributed by atoms with Gasteiger partial charge in [-0.25, -0.2) is 9.97 Å². The van der Waals surface area contributed by atoms with Crippen LogP contribution in [0, 0.1) is 0 Å². The summed E-state index contributed by atoms with van der Waals surface area (Å²) in [5, 5.41) is 4.67. The van der Waals surface area contributed by atoms with Crippen molar-refractivity contribution in [3.05, 3.63) is 46.5 Å². The van der Waals surface area contributed by atoms with Crippen molar-refractivity contribution < 1.29 is 0 Å². The van der Waals surface area contributed by atoms with Gasteiger partial charge in [0, 0.05) is 18.4 Å². The summed E-state index contributed by atoms with van der Waals surface area (Å²) < 4.78 is 2.77. The molecule has 3 aromatic rings. The zero-order valence-electron chi connectivity index (χ0n) is 11.5. The minimum Gasteiger partial charge on any atom is -0.218 e. The molecule has 4 nitrogen and oxygen atoms in total. The van der Waals surface area contributed by atoms with Gasteiger partial charge in [-0.1, -0.05) is 44.2 Å². The number of aryl methyl sites for hydroxylation is 2. The van der Waals surface area contributed by atoms with Crippen molar-refractivity contribution in [2.45, 2.75) is 26.7 Å². The van der Waals surface area contributed by atoms with Crippen molar-refractivity contribution in [1.82, 2.24) is 19.6 Å². The zero-order valence-corrected chi connectivity index (χ0v) is 13.1. The average Bonchev–Trinajstić information content (AvgIpc) is 2.84. The van der Waals surface area contributed by atoms with Gasteiger partial charge in [0.15, 0.2) is 5.65 Å². The second-order valence-electron chi connectivity index (χ2n) is 4.53. The smallest absolute Gasteiger partial charge is 0.174 e. The van der Waals surface area contributed by atoms with Crippen LogP contribution in [0.3, 0.4) is 0 Å². The van der Waals surface area contributed by atoms with E-state index in [1.54, 1.807) is 0 Å². The van der Waals surface area contributed by atoms with E-state index in [4.69, 9.17) is 0 Å². The maximum Gasteiger partial charge on any atom is 0.174 e. The fourth-order valence-electron chi connectivity index (χ4n) is 2.18. The summed E-state index contributed by atoms with van der Waals surface area (Å²) in [6, 6.07) is 10.1. The van der Waals surface area contributed by atoms with Crippen LogP contribution in [0.5, 0.6) is 0 Å². The number of aromatic nitrogens is 4. The lowest BCUT2D eigenvalue weighted by Crippen LogP contribution is -2.06. The highest BCUT2D eigenvalue weighted by Gasteiger charge is 2.16. The molecule has 20 heavy (non-hydrogen) atoms. The van der Waals surface area contributed by atoms with Crippen LogP contribution < -0.4 is 0 Å². The molecule has 0 aliphatic rings. The summed E-state index contributed by atoms with van der Waals surface area (Å²) in [6.07, 6.45) is 1.65. The van der Waals surface area contributed by atoms with Crippen LogP contribution in [-0.2, 0) is 12.8 Å². The van der Waals surface area contributed by atoms with Gasteiger partial charge in [0.25, 0.3) is 0 Å². The number of hydrogen-bond acceptors (Lipinski definition) is 3. The third kappa shape index (κ3) is 2.12. The van der Waals surface area contributed by atoms with Crippen LogP contribution in [0.25, 0.3) is 16.9 Å². The molecule has 1 aromatic carbocycles. The first-order valence-corrected chi connectivity index (χ1v) is 7.53. The first-order chi connectivity index (χ1) is 9.74. The summed E-state index contributed by atoms with van der Waals surface area (Å²) in [6.45, 7) is 4.15. The van der Waals surface area contributed by atoms with Crippen LogP contribution in [0.2, 0.25) is 0 Å². The molecule has 3 rings (SSSR count). The molecule has 0 spiro atoms. The van der Waals surface area contributed by atoms with Crippen LogP contribution >= 0.6 is 15.9 Å². The molecule has 0 radical (unpaired) electrons. The van der Waals surface area contributed by atoms with E-state index in [-0.39, 0.29) is 0 Å². The molecule has 0 aliphatic carbocycles. The molecular weight excluding hydrogens is 316 g/mol. The largest absolute Gasteiger partial charge is 0.218 e. The predicted octanol–water partition coefficient (Wildman–Crippen LogP) is 3.68. The quantitative estimate of drug-likeness (QED) is 0.735. The summed E-state index contributed by atoms with van der Waals surface area (Å²) >= 11 is 3.64. The highest BCUT2D eigenvalue weighted by Crippen LogP contribution is 2.30. The third-order valence-electron chi connectivity index (χ3n) is 3.22. The molecule has 0 saturated heterocycles. The molecule has 2 aromatic heterocycles. The lowest BCUT2D eigenvalue weighted by molar-refractivity contribution is 0.760. The SMILES string of the molecule is CCc1nc(CC)n2nc(-c3ccccc3)c(Br)c2n1. The van der Waals surface area contributed by atoms with E-state index < -0.39 is 0 Å². The fraction of sp³-hybridized carbons (Fsp3) is 0.267. The molecule has 5 heteroatoms. The molecule has 0 saturated carbocycles. The van der Waals surface area contributed by atoms with Gasteiger partial charge >= 0.3 is 0 Å². The lowest BCUT2D eigenvalue weighted by atomic mass is 10.2. The van der Waals surface area contributed by atoms with Crippen LogP contribution in [0.4, 0.5) is 0 Å². The summed E-state index contributed by atoms with van der Waals surface area (Å²) in [5.74, 6) is 1.80. The predicted molar refractivity (Wildman–Crippen MR) is 82.7 cm³/mol. The van der Waals surface area contributed by atoms with Crippen LogP contribution in [0.15, 0.2) is 34.8 Å². The Kier molecular flexibility index (Phi) is 3.53. The van der Waals surface area contributed by atoms with Gasteiger partial charge in [-0.05, 0) is 15.9 Å². The van der Waals surface area contributed by atoms with Gasteiger partial charge in [0.1, 0.15) is 17.3 Å². The summed E-state index contributed by atoms with van der Waals surface area (Å²) in [5.41, 5.74) is 2.82. The Labute approximate surface area is 126 Å². The Hall–Kier alpha value is -1.75. The van der Waals surface area contributed by atoms with E-state index in [0.717, 1.165) is 45.9 Å². The topological polar surface area (TPSA) is 43.1 Å². The maximum absolute atomic E-state index is 4.67. The minimum absolute atomic E-state index is 0.821. The summed E-state index contributed by atoms with van der Waals surface area (Å²) in [7, 11) is 0. The standard InChI is InChI=1S/C15H15BrN4/c1-3-11-17-12(4-2)20-15(18-11)13(16)14(19-20)10-8-6-5-7-9-10/h5-9H,3-4H2,1-2H3. The van der Waals surface area contributed by atoms with Gasteiger partial charge in [-0.3, -0.25) is 0 Å². The van der Waals surface area contributed by atoms with Gasteiger partial charge < -0.3 is 0 Å². The Morgan fingerprint density at radius 2 is 1.80 bits per heavy atom. The fourth-order valence-corrected chi connectivity index (χ4v) is 2.74. The van der Waals surface area contributed by atoms with Crippen molar-refractivity contribution in [1.29, 1.82) is 0 Å². The molecular formula is C15H15BrN4. The monoisotopic (exact) mass is 330 g/mol. The molecule has 0 unspecified atom stereocenters. The highest BCUT2D eigenvalue weighted by molar-refractivity contribution is 9.10. The molecule has 0 aliphatic heterocycles. The Morgan fingerprint density at radius 1 is 1.05 bits per heavy atom. The zero-order chi connectivity index (χ0) is 14.1. The molecule has 0 amide bonds. The molecule has 102 valence electrons. The number of halogens is 1. The van der Waals surface area contributed by atoms with Gasteiger partial charge in [-0.15, -0.1) is 0 Å². The van der Waals surface area contributed by atoms with E-state index in [2.05, 4.69) is 44.8 Å². The first-order valence-electron chi connectivity index (χ1n) is 6.74. The Bertz CT molecular complexity index is 749. The van der Waals surface area contributed by atoms with Crippen molar-refractivity contribution in [3.63, 3.8) is 0 Å². The minimum atomic E-state index is 0.821. The number of fused-ring (bicyclic) bond motifs is 1. The van der Waals surface area contributed by atoms with Crippen molar-refractivity contribution in [2.24, 2.45) is 0 Å². The normalized spacial score (nSPS) is 11.2. The van der Waals surface area contributed by atoms with Gasteiger partial charge in [0.2, 0.25) is 0 Å². The van der Waals surface area contributed by atoms with Crippen molar-refractivity contribution in [2.75, 3.05) is 0 Å². The number of nitrogens with zero attached hydrogens (tertiary/aromatic N) is 4. The van der Waals surface area contributed by atoms with E-state index in [9.17, 15) is 0 Å². The lowest BCUT2D eigenvalue weighted by Gasteiger charge is -2.03. The maximum atomic E-state index is 4.67. The number of hydrogen-bond donors (Lipinski definition) is 0.